The minimum Gasteiger partial charge on any atom is -0.397 e. The third-order valence-electron chi connectivity index (χ3n) is 7.94. The van der Waals surface area contributed by atoms with Gasteiger partial charge in [-0.25, -0.2) is 0 Å². The van der Waals surface area contributed by atoms with E-state index in [1.807, 2.05) is 30.3 Å². The van der Waals surface area contributed by atoms with E-state index in [4.69, 9.17) is 5.73 Å². The van der Waals surface area contributed by atoms with Gasteiger partial charge < -0.3 is 16.4 Å². The zero-order valence-electron chi connectivity index (χ0n) is 24.0. The molecular formula is C39H37N3. The number of hydrogen-bond donors (Lipinski definition) is 3. The minimum absolute atomic E-state index is 0.0235. The summed E-state index contributed by atoms with van der Waals surface area (Å²) in [7, 11) is 0. The molecule has 6 rings (SSSR count). The maximum atomic E-state index is 6.30. The first-order chi connectivity index (χ1) is 20.6. The summed E-state index contributed by atoms with van der Waals surface area (Å²) in [4.78, 5) is 0. The van der Waals surface area contributed by atoms with Crippen LogP contribution in [0.1, 0.15) is 30.5 Å². The van der Waals surface area contributed by atoms with Gasteiger partial charge in [-0.05, 0) is 76.1 Å². The first kappa shape index (κ1) is 27.2. The highest BCUT2D eigenvalue weighted by molar-refractivity contribution is 5.85. The van der Waals surface area contributed by atoms with E-state index in [1.165, 1.54) is 39.0 Å². The number of allylic oxidation sites excluding steroid dienone is 4. The summed E-state index contributed by atoms with van der Waals surface area (Å²) in [6.07, 6.45) is 8.01. The highest BCUT2D eigenvalue weighted by Gasteiger charge is 2.15. The lowest BCUT2D eigenvalue weighted by molar-refractivity contribution is 0.739. The second kappa shape index (κ2) is 12.7. The predicted molar refractivity (Wildman–Crippen MR) is 180 cm³/mol. The SMILES string of the molecule is CC1C=CC(c2cccc(-c3ccc(NCC(Nc4ccccc4N)c4ccccc4)c(-c4ccccc4)c3)c2)=CC1. The van der Waals surface area contributed by atoms with E-state index in [2.05, 4.69) is 133 Å². The molecule has 0 amide bonds. The average molecular weight is 548 g/mol. The largest absolute Gasteiger partial charge is 0.397 e. The quantitative estimate of drug-likeness (QED) is 0.161. The number of benzene rings is 5. The van der Waals surface area contributed by atoms with E-state index in [9.17, 15) is 0 Å². The van der Waals surface area contributed by atoms with Crippen LogP contribution in [0.4, 0.5) is 17.1 Å². The monoisotopic (exact) mass is 547 g/mol. The predicted octanol–water partition coefficient (Wildman–Crippen LogP) is 9.85. The Kier molecular flexibility index (Phi) is 8.19. The molecule has 2 atom stereocenters. The summed E-state index contributed by atoms with van der Waals surface area (Å²) in [5.41, 5.74) is 17.6. The molecule has 5 aromatic carbocycles. The number of para-hydroxylation sites is 2. The Morgan fingerprint density at radius 3 is 2.14 bits per heavy atom. The van der Waals surface area contributed by atoms with E-state index < -0.39 is 0 Å². The van der Waals surface area contributed by atoms with Gasteiger partial charge in [-0.15, -0.1) is 0 Å². The zero-order chi connectivity index (χ0) is 28.7. The van der Waals surface area contributed by atoms with Crippen molar-refractivity contribution in [1.82, 2.24) is 0 Å². The molecule has 208 valence electrons. The normalized spacial score (nSPS) is 15.1. The Labute approximate surface area is 249 Å². The van der Waals surface area contributed by atoms with Crippen LogP contribution in [-0.2, 0) is 0 Å². The number of nitrogen functional groups attached to an aromatic ring is 1. The fourth-order valence-corrected chi connectivity index (χ4v) is 5.52. The van der Waals surface area contributed by atoms with Crippen molar-refractivity contribution >= 4 is 22.6 Å². The highest BCUT2D eigenvalue weighted by Crippen LogP contribution is 2.35. The third kappa shape index (κ3) is 6.31. The Balaban J connectivity index is 1.32. The minimum atomic E-state index is 0.0235. The van der Waals surface area contributed by atoms with Crippen molar-refractivity contribution in [2.75, 3.05) is 22.9 Å². The van der Waals surface area contributed by atoms with Gasteiger partial charge in [0.25, 0.3) is 0 Å². The molecule has 0 fully saturated rings. The molecule has 0 saturated heterocycles. The average Bonchev–Trinajstić information content (AvgIpc) is 3.05. The van der Waals surface area contributed by atoms with Crippen LogP contribution in [0.2, 0.25) is 0 Å². The van der Waals surface area contributed by atoms with Crippen LogP contribution in [0, 0.1) is 5.92 Å². The molecule has 1 aliphatic rings. The van der Waals surface area contributed by atoms with E-state index in [0.29, 0.717) is 12.5 Å². The molecule has 42 heavy (non-hydrogen) atoms. The van der Waals surface area contributed by atoms with Gasteiger partial charge in [0.1, 0.15) is 0 Å². The smallest absolute Gasteiger partial charge is 0.0687 e. The number of nitrogens with one attached hydrogen (secondary N) is 2. The molecule has 0 heterocycles. The van der Waals surface area contributed by atoms with Crippen molar-refractivity contribution in [3.8, 4) is 22.3 Å². The molecule has 5 aromatic rings. The van der Waals surface area contributed by atoms with Crippen molar-refractivity contribution < 1.29 is 0 Å². The van der Waals surface area contributed by atoms with Gasteiger partial charge in [0.05, 0.1) is 17.4 Å². The summed E-state index contributed by atoms with van der Waals surface area (Å²) < 4.78 is 0. The Hall–Kier alpha value is -5.02. The lowest BCUT2D eigenvalue weighted by Gasteiger charge is -2.24. The summed E-state index contributed by atoms with van der Waals surface area (Å²) in [6.45, 7) is 2.95. The van der Waals surface area contributed by atoms with Crippen LogP contribution >= 0.6 is 0 Å². The first-order valence-electron chi connectivity index (χ1n) is 14.7. The molecular weight excluding hydrogens is 510 g/mol. The highest BCUT2D eigenvalue weighted by atomic mass is 15.0. The molecule has 2 unspecified atom stereocenters. The maximum Gasteiger partial charge on any atom is 0.0687 e. The number of rotatable bonds is 9. The fraction of sp³-hybridized carbons (Fsp3) is 0.128. The second-order valence-electron chi connectivity index (χ2n) is 11.0. The van der Waals surface area contributed by atoms with Crippen molar-refractivity contribution in [2.24, 2.45) is 5.92 Å². The number of hydrogen-bond acceptors (Lipinski definition) is 3. The zero-order valence-corrected chi connectivity index (χ0v) is 24.0. The molecule has 0 aliphatic heterocycles. The van der Waals surface area contributed by atoms with E-state index >= 15 is 0 Å². The van der Waals surface area contributed by atoms with Gasteiger partial charge in [-0.1, -0.05) is 122 Å². The van der Waals surface area contributed by atoms with Gasteiger partial charge in [0, 0.05) is 17.8 Å². The van der Waals surface area contributed by atoms with Crippen LogP contribution in [0.15, 0.2) is 146 Å². The van der Waals surface area contributed by atoms with Crippen LogP contribution in [0.3, 0.4) is 0 Å². The molecule has 0 spiro atoms. The summed E-state index contributed by atoms with van der Waals surface area (Å²) in [5, 5.41) is 7.45. The van der Waals surface area contributed by atoms with Gasteiger partial charge >= 0.3 is 0 Å². The van der Waals surface area contributed by atoms with Crippen LogP contribution in [-0.4, -0.2) is 6.54 Å². The summed E-state index contributed by atoms with van der Waals surface area (Å²) in [5.74, 6) is 0.604. The van der Waals surface area contributed by atoms with Crippen molar-refractivity contribution in [1.29, 1.82) is 0 Å². The molecule has 0 radical (unpaired) electrons. The third-order valence-corrected chi connectivity index (χ3v) is 7.94. The van der Waals surface area contributed by atoms with Crippen molar-refractivity contribution in [2.45, 2.75) is 19.4 Å². The lowest BCUT2D eigenvalue weighted by Crippen LogP contribution is -2.21. The Bertz CT molecular complexity index is 1700. The molecule has 0 bridgehead atoms. The molecule has 3 heteroatoms. The fourth-order valence-electron chi connectivity index (χ4n) is 5.52. The molecule has 3 nitrogen and oxygen atoms in total. The van der Waals surface area contributed by atoms with Gasteiger partial charge in [-0.3, -0.25) is 0 Å². The van der Waals surface area contributed by atoms with E-state index in [0.717, 1.165) is 23.5 Å². The Morgan fingerprint density at radius 2 is 1.38 bits per heavy atom. The second-order valence-corrected chi connectivity index (χ2v) is 11.0. The molecule has 0 saturated carbocycles. The van der Waals surface area contributed by atoms with Crippen LogP contribution < -0.4 is 16.4 Å². The maximum absolute atomic E-state index is 6.30. The van der Waals surface area contributed by atoms with Gasteiger partial charge in [0.15, 0.2) is 0 Å². The lowest BCUT2D eigenvalue weighted by atomic mass is 9.91. The van der Waals surface area contributed by atoms with Crippen LogP contribution in [0.5, 0.6) is 0 Å². The summed E-state index contributed by atoms with van der Waals surface area (Å²) in [6, 6.07) is 44.7. The van der Waals surface area contributed by atoms with E-state index in [1.54, 1.807) is 0 Å². The van der Waals surface area contributed by atoms with Gasteiger partial charge in [-0.2, -0.15) is 0 Å². The standard InChI is InChI=1S/C39H37N3/c1-28-19-21-29(22-20-28)32-15-10-16-33(25-32)34-23-24-37(35(26-34)30-11-4-2-5-12-30)41-27-39(31-13-6-3-7-14-31)42-38-18-9-8-17-36(38)40/h2-19,21-26,28,39,41-42H,20,27,40H2,1H3. The van der Waals surface area contributed by atoms with Crippen LogP contribution in [0.25, 0.3) is 27.8 Å². The van der Waals surface area contributed by atoms with E-state index in [-0.39, 0.29) is 6.04 Å². The topological polar surface area (TPSA) is 50.1 Å². The summed E-state index contributed by atoms with van der Waals surface area (Å²) >= 11 is 0. The first-order valence-corrected chi connectivity index (χ1v) is 14.7. The number of nitrogens with two attached hydrogens (primary N) is 1. The molecule has 4 N–H and O–H groups in total. The number of anilines is 3. The van der Waals surface area contributed by atoms with Gasteiger partial charge in [0.2, 0.25) is 0 Å². The molecule has 1 aliphatic carbocycles. The van der Waals surface area contributed by atoms with Crippen molar-refractivity contribution in [3.63, 3.8) is 0 Å². The Morgan fingerprint density at radius 1 is 0.690 bits per heavy atom. The van der Waals surface area contributed by atoms with Crippen molar-refractivity contribution in [3.05, 3.63) is 157 Å². The molecule has 0 aromatic heterocycles.